The first-order valence-electron chi connectivity index (χ1n) is 5.50. The van der Waals surface area contributed by atoms with Gasteiger partial charge in [0.05, 0.1) is 6.10 Å². The van der Waals surface area contributed by atoms with Gasteiger partial charge in [0.2, 0.25) is 0 Å². The largest absolute Gasteiger partial charge is 0.393 e. The molecule has 1 rings (SSSR count). The summed E-state index contributed by atoms with van der Waals surface area (Å²) in [6.07, 6.45) is 8.24. The molecule has 78 valence electrons. The van der Waals surface area contributed by atoms with Crippen molar-refractivity contribution in [2.75, 3.05) is 13.7 Å². The van der Waals surface area contributed by atoms with Gasteiger partial charge in [-0.15, -0.1) is 0 Å². The minimum atomic E-state index is -0.0850. The van der Waals surface area contributed by atoms with E-state index in [2.05, 4.69) is 0 Å². The SMILES string of the molecule is COCCCC(O)CC1CCCC1. The average Bonchev–Trinajstić information content (AvgIpc) is 2.57. The summed E-state index contributed by atoms with van der Waals surface area (Å²) in [6, 6.07) is 0. The standard InChI is InChI=1S/C11H22O2/c1-13-8-4-7-11(12)9-10-5-2-3-6-10/h10-12H,2-9H2,1H3. The summed E-state index contributed by atoms with van der Waals surface area (Å²) >= 11 is 0. The smallest absolute Gasteiger partial charge is 0.0543 e. The predicted octanol–water partition coefficient (Wildman–Crippen LogP) is 2.35. The first kappa shape index (κ1) is 11.0. The maximum Gasteiger partial charge on any atom is 0.0543 e. The molecule has 0 aliphatic heterocycles. The van der Waals surface area contributed by atoms with E-state index in [9.17, 15) is 5.11 Å². The van der Waals surface area contributed by atoms with Gasteiger partial charge >= 0.3 is 0 Å². The van der Waals surface area contributed by atoms with Crippen LogP contribution in [0, 0.1) is 5.92 Å². The van der Waals surface area contributed by atoms with Gasteiger partial charge in [0.15, 0.2) is 0 Å². The van der Waals surface area contributed by atoms with E-state index in [1.807, 2.05) is 0 Å². The molecular weight excluding hydrogens is 164 g/mol. The molecule has 0 heterocycles. The molecule has 1 saturated carbocycles. The van der Waals surface area contributed by atoms with Crippen LogP contribution >= 0.6 is 0 Å². The van der Waals surface area contributed by atoms with E-state index in [4.69, 9.17) is 4.74 Å². The van der Waals surface area contributed by atoms with Gasteiger partial charge in [-0.1, -0.05) is 25.7 Å². The van der Waals surface area contributed by atoms with Crippen LogP contribution in [0.4, 0.5) is 0 Å². The summed E-state index contributed by atoms with van der Waals surface area (Å²) in [4.78, 5) is 0. The molecule has 1 unspecified atom stereocenters. The number of aliphatic hydroxyl groups is 1. The summed E-state index contributed by atoms with van der Waals surface area (Å²) in [7, 11) is 1.71. The first-order valence-corrected chi connectivity index (χ1v) is 5.50. The van der Waals surface area contributed by atoms with Crippen molar-refractivity contribution in [3.8, 4) is 0 Å². The van der Waals surface area contributed by atoms with Gasteiger partial charge in [-0.3, -0.25) is 0 Å². The van der Waals surface area contributed by atoms with Crippen molar-refractivity contribution in [1.82, 2.24) is 0 Å². The zero-order valence-corrected chi connectivity index (χ0v) is 8.67. The summed E-state index contributed by atoms with van der Waals surface area (Å²) in [6.45, 7) is 0.779. The molecule has 0 aromatic carbocycles. The molecule has 0 amide bonds. The van der Waals surface area contributed by atoms with Crippen molar-refractivity contribution < 1.29 is 9.84 Å². The molecule has 0 bridgehead atoms. The number of aliphatic hydroxyl groups excluding tert-OH is 1. The molecule has 13 heavy (non-hydrogen) atoms. The first-order chi connectivity index (χ1) is 6.33. The summed E-state index contributed by atoms with van der Waals surface area (Å²) in [5.41, 5.74) is 0. The second kappa shape index (κ2) is 6.39. The third kappa shape index (κ3) is 4.63. The molecule has 1 fully saturated rings. The molecule has 1 N–H and O–H groups in total. The lowest BCUT2D eigenvalue weighted by atomic mass is 9.98. The average molecular weight is 186 g/mol. The second-order valence-electron chi connectivity index (χ2n) is 4.18. The number of ether oxygens (including phenoxy) is 1. The normalized spacial score (nSPS) is 20.8. The van der Waals surface area contributed by atoms with Crippen LogP contribution in [0.2, 0.25) is 0 Å². The van der Waals surface area contributed by atoms with Crippen molar-refractivity contribution in [2.24, 2.45) is 5.92 Å². The zero-order valence-electron chi connectivity index (χ0n) is 8.67. The van der Waals surface area contributed by atoms with Gasteiger partial charge in [0.25, 0.3) is 0 Å². The highest BCUT2D eigenvalue weighted by Gasteiger charge is 2.18. The van der Waals surface area contributed by atoms with Gasteiger partial charge in [0, 0.05) is 13.7 Å². The fourth-order valence-corrected chi connectivity index (χ4v) is 2.21. The highest BCUT2D eigenvalue weighted by atomic mass is 16.5. The van der Waals surface area contributed by atoms with Gasteiger partial charge in [-0.2, -0.15) is 0 Å². The predicted molar refractivity (Wildman–Crippen MR) is 53.7 cm³/mol. The monoisotopic (exact) mass is 186 g/mol. The minimum absolute atomic E-state index is 0.0850. The van der Waals surface area contributed by atoms with E-state index < -0.39 is 0 Å². The fraction of sp³-hybridized carbons (Fsp3) is 1.00. The number of hydrogen-bond donors (Lipinski definition) is 1. The lowest BCUT2D eigenvalue weighted by Gasteiger charge is -2.14. The Kier molecular flexibility index (Phi) is 5.40. The quantitative estimate of drug-likeness (QED) is 0.645. The Labute approximate surface area is 81.3 Å². The molecule has 1 atom stereocenters. The van der Waals surface area contributed by atoms with Crippen LogP contribution < -0.4 is 0 Å². The Morgan fingerprint density at radius 1 is 1.38 bits per heavy atom. The molecule has 0 aromatic rings. The Morgan fingerprint density at radius 2 is 2.08 bits per heavy atom. The molecule has 0 aromatic heterocycles. The van der Waals surface area contributed by atoms with Crippen LogP contribution in [0.5, 0.6) is 0 Å². The van der Waals surface area contributed by atoms with Crippen molar-refractivity contribution in [3.63, 3.8) is 0 Å². The van der Waals surface area contributed by atoms with Crippen LogP contribution in [0.3, 0.4) is 0 Å². The summed E-state index contributed by atoms with van der Waals surface area (Å²) < 4.78 is 4.95. The topological polar surface area (TPSA) is 29.5 Å². The third-order valence-electron chi connectivity index (χ3n) is 2.97. The third-order valence-corrected chi connectivity index (χ3v) is 2.97. The van der Waals surface area contributed by atoms with E-state index >= 15 is 0 Å². The van der Waals surface area contributed by atoms with E-state index in [-0.39, 0.29) is 6.10 Å². The van der Waals surface area contributed by atoms with Crippen LogP contribution in [-0.2, 0) is 4.74 Å². The molecule has 2 nitrogen and oxygen atoms in total. The molecule has 0 radical (unpaired) electrons. The van der Waals surface area contributed by atoms with E-state index in [1.54, 1.807) is 7.11 Å². The van der Waals surface area contributed by atoms with Crippen LogP contribution in [-0.4, -0.2) is 24.9 Å². The van der Waals surface area contributed by atoms with Crippen LogP contribution in [0.25, 0.3) is 0 Å². The Hall–Kier alpha value is -0.0800. The van der Waals surface area contributed by atoms with Gasteiger partial charge in [-0.25, -0.2) is 0 Å². The fourth-order valence-electron chi connectivity index (χ4n) is 2.21. The number of rotatable bonds is 6. The Balaban J connectivity index is 1.99. The summed E-state index contributed by atoms with van der Waals surface area (Å²) in [5, 5.41) is 9.68. The van der Waals surface area contributed by atoms with Gasteiger partial charge < -0.3 is 9.84 Å². The van der Waals surface area contributed by atoms with Crippen molar-refractivity contribution >= 4 is 0 Å². The Bertz CT molecular complexity index is 119. The summed E-state index contributed by atoms with van der Waals surface area (Å²) in [5.74, 6) is 0.803. The van der Waals surface area contributed by atoms with E-state index in [1.165, 1.54) is 25.7 Å². The second-order valence-corrected chi connectivity index (χ2v) is 4.18. The van der Waals surface area contributed by atoms with Gasteiger partial charge in [-0.05, 0) is 25.2 Å². The van der Waals surface area contributed by atoms with Crippen molar-refractivity contribution in [2.45, 2.75) is 51.0 Å². The number of methoxy groups -OCH3 is 1. The maximum absolute atomic E-state index is 9.68. The lowest BCUT2D eigenvalue weighted by molar-refractivity contribution is 0.114. The highest BCUT2D eigenvalue weighted by molar-refractivity contribution is 4.70. The number of hydrogen-bond acceptors (Lipinski definition) is 2. The van der Waals surface area contributed by atoms with Crippen molar-refractivity contribution in [3.05, 3.63) is 0 Å². The molecule has 1 aliphatic rings. The van der Waals surface area contributed by atoms with Crippen LogP contribution in [0.1, 0.15) is 44.9 Å². The zero-order chi connectivity index (χ0) is 9.52. The minimum Gasteiger partial charge on any atom is -0.393 e. The molecule has 0 spiro atoms. The Morgan fingerprint density at radius 3 is 2.69 bits per heavy atom. The van der Waals surface area contributed by atoms with Gasteiger partial charge in [0.1, 0.15) is 0 Å². The molecular formula is C11H22O2. The van der Waals surface area contributed by atoms with E-state index in [0.29, 0.717) is 0 Å². The molecule has 0 saturated heterocycles. The van der Waals surface area contributed by atoms with Crippen LogP contribution in [0.15, 0.2) is 0 Å². The maximum atomic E-state index is 9.68. The molecule has 2 heteroatoms. The highest BCUT2D eigenvalue weighted by Crippen LogP contribution is 2.29. The molecule has 1 aliphatic carbocycles. The van der Waals surface area contributed by atoms with Crippen molar-refractivity contribution in [1.29, 1.82) is 0 Å². The lowest BCUT2D eigenvalue weighted by Crippen LogP contribution is -2.12. The van der Waals surface area contributed by atoms with E-state index in [0.717, 1.165) is 31.8 Å².